The summed E-state index contributed by atoms with van der Waals surface area (Å²) in [6.07, 6.45) is 2.92. The van der Waals surface area contributed by atoms with E-state index < -0.39 is 0 Å². The quantitative estimate of drug-likeness (QED) is 0.844. The van der Waals surface area contributed by atoms with Gasteiger partial charge in [0.25, 0.3) is 0 Å². The van der Waals surface area contributed by atoms with Gasteiger partial charge in [0.15, 0.2) is 0 Å². The number of rotatable bonds is 6. The molecule has 2 N–H and O–H groups in total. The van der Waals surface area contributed by atoms with Crippen LogP contribution in [0.2, 0.25) is 0 Å². The molecule has 0 spiro atoms. The number of hydrogen-bond donors (Lipinski definition) is 2. The van der Waals surface area contributed by atoms with E-state index in [0.29, 0.717) is 11.3 Å². The molecule has 0 fully saturated rings. The molecule has 2 amide bonds. The second kappa shape index (κ2) is 8.60. The molecule has 0 aromatic heterocycles. The first-order valence-corrected chi connectivity index (χ1v) is 7.79. The Labute approximate surface area is 137 Å². The fraction of sp³-hybridized carbons (Fsp3) is 0.263. The summed E-state index contributed by atoms with van der Waals surface area (Å²) >= 11 is 0. The standard InChI is InChI=1S/C19H21N3O/c1-15(8-7-11-16-9-3-2-4-10-16)21-19(23)22-18-13-6-5-12-17(18)14-20/h2-6,9-10,12-13,15H,7-8,11H2,1H3,(H2,21,22,23)/t15-/m1/s1. The Morgan fingerprint density at radius 1 is 1.13 bits per heavy atom. The Bertz CT molecular complexity index is 677. The maximum Gasteiger partial charge on any atom is 0.319 e. The lowest BCUT2D eigenvalue weighted by Crippen LogP contribution is -2.36. The number of carbonyl (C=O) groups excluding carboxylic acids is 1. The van der Waals surface area contributed by atoms with Crippen LogP contribution < -0.4 is 10.6 Å². The molecule has 23 heavy (non-hydrogen) atoms. The second-order valence-electron chi connectivity index (χ2n) is 5.53. The Kier molecular flexibility index (Phi) is 6.19. The number of aryl methyl sites for hydroxylation is 1. The lowest BCUT2D eigenvalue weighted by molar-refractivity contribution is 0.248. The first-order chi connectivity index (χ1) is 11.2. The number of anilines is 1. The molecule has 2 aromatic carbocycles. The number of carbonyl (C=O) groups is 1. The summed E-state index contributed by atoms with van der Waals surface area (Å²) in [7, 11) is 0. The van der Waals surface area contributed by atoms with E-state index >= 15 is 0 Å². The molecule has 1 atom stereocenters. The molecule has 0 radical (unpaired) electrons. The molecule has 2 rings (SSSR count). The zero-order valence-electron chi connectivity index (χ0n) is 13.3. The van der Waals surface area contributed by atoms with Gasteiger partial charge in [0.05, 0.1) is 11.3 Å². The number of para-hydroxylation sites is 1. The highest BCUT2D eigenvalue weighted by atomic mass is 16.2. The maximum atomic E-state index is 12.0. The predicted molar refractivity (Wildman–Crippen MR) is 92.2 cm³/mol. The average molecular weight is 307 g/mol. The maximum absolute atomic E-state index is 12.0. The molecule has 118 valence electrons. The van der Waals surface area contributed by atoms with Crippen molar-refractivity contribution in [1.29, 1.82) is 5.26 Å². The molecule has 0 aliphatic carbocycles. The summed E-state index contributed by atoms with van der Waals surface area (Å²) < 4.78 is 0. The minimum atomic E-state index is -0.278. The Morgan fingerprint density at radius 2 is 1.83 bits per heavy atom. The molecule has 0 heterocycles. The molecule has 4 nitrogen and oxygen atoms in total. The highest BCUT2D eigenvalue weighted by Gasteiger charge is 2.09. The van der Waals surface area contributed by atoms with Gasteiger partial charge in [-0.25, -0.2) is 4.79 Å². The first-order valence-electron chi connectivity index (χ1n) is 7.79. The fourth-order valence-electron chi connectivity index (χ4n) is 2.40. The van der Waals surface area contributed by atoms with Crippen LogP contribution in [0.25, 0.3) is 0 Å². The zero-order valence-corrected chi connectivity index (χ0v) is 13.3. The van der Waals surface area contributed by atoms with Crippen molar-refractivity contribution >= 4 is 11.7 Å². The van der Waals surface area contributed by atoms with Gasteiger partial charge in [0.1, 0.15) is 6.07 Å². The van der Waals surface area contributed by atoms with E-state index in [9.17, 15) is 4.79 Å². The van der Waals surface area contributed by atoms with E-state index in [1.807, 2.05) is 25.1 Å². The van der Waals surface area contributed by atoms with Crippen molar-refractivity contribution in [2.45, 2.75) is 32.2 Å². The summed E-state index contributed by atoms with van der Waals surface area (Å²) in [6.45, 7) is 1.99. The largest absolute Gasteiger partial charge is 0.335 e. The number of nitriles is 1. The molecule has 0 unspecified atom stereocenters. The van der Waals surface area contributed by atoms with Crippen LogP contribution in [0.3, 0.4) is 0 Å². The van der Waals surface area contributed by atoms with Gasteiger partial charge in [0, 0.05) is 6.04 Å². The summed E-state index contributed by atoms with van der Waals surface area (Å²) in [5.74, 6) is 0. The molecule has 2 aromatic rings. The third-order valence-corrected chi connectivity index (χ3v) is 3.62. The summed E-state index contributed by atoms with van der Waals surface area (Å²) in [4.78, 5) is 12.0. The topological polar surface area (TPSA) is 64.9 Å². The SMILES string of the molecule is C[C@H](CCCc1ccccc1)NC(=O)Nc1ccccc1C#N. The number of nitrogens with one attached hydrogen (secondary N) is 2. The highest BCUT2D eigenvalue weighted by Crippen LogP contribution is 2.13. The van der Waals surface area contributed by atoms with Crippen LogP contribution in [0.5, 0.6) is 0 Å². The van der Waals surface area contributed by atoms with Gasteiger partial charge in [-0.05, 0) is 43.9 Å². The van der Waals surface area contributed by atoms with Crippen LogP contribution in [-0.2, 0) is 6.42 Å². The number of benzene rings is 2. The van der Waals surface area contributed by atoms with Gasteiger partial charge in [0.2, 0.25) is 0 Å². The third kappa shape index (κ3) is 5.48. The van der Waals surface area contributed by atoms with Gasteiger partial charge in [-0.3, -0.25) is 0 Å². The van der Waals surface area contributed by atoms with Crippen LogP contribution in [0.4, 0.5) is 10.5 Å². The van der Waals surface area contributed by atoms with Crippen molar-refractivity contribution in [2.75, 3.05) is 5.32 Å². The molecule has 0 aliphatic rings. The van der Waals surface area contributed by atoms with E-state index in [0.717, 1.165) is 19.3 Å². The molecular weight excluding hydrogens is 286 g/mol. The number of amides is 2. The Balaban J connectivity index is 1.75. The molecule has 0 saturated carbocycles. The van der Waals surface area contributed by atoms with Crippen LogP contribution in [-0.4, -0.2) is 12.1 Å². The van der Waals surface area contributed by atoms with Gasteiger partial charge in [-0.2, -0.15) is 5.26 Å². The molecular formula is C19H21N3O. The Morgan fingerprint density at radius 3 is 2.57 bits per heavy atom. The van der Waals surface area contributed by atoms with Gasteiger partial charge in [-0.15, -0.1) is 0 Å². The summed E-state index contributed by atoms with van der Waals surface area (Å²) in [5, 5.41) is 14.7. The fourth-order valence-corrected chi connectivity index (χ4v) is 2.40. The molecule has 4 heteroatoms. The predicted octanol–water partition coefficient (Wildman–Crippen LogP) is 4.09. The lowest BCUT2D eigenvalue weighted by atomic mass is 10.1. The van der Waals surface area contributed by atoms with E-state index in [2.05, 4.69) is 28.8 Å². The first kappa shape index (κ1) is 16.6. The zero-order chi connectivity index (χ0) is 16.5. The number of urea groups is 1. The van der Waals surface area contributed by atoms with Crippen LogP contribution in [0.1, 0.15) is 30.9 Å². The van der Waals surface area contributed by atoms with E-state index in [4.69, 9.17) is 5.26 Å². The minimum Gasteiger partial charge on any atom is -0.335 e. The van der Waals surface area contributed by atoms with Gasteiger partial charge in [-0.1, -0.05) is 42.5 Å². The second-order valence-corrected chi connectivity index (χ2v) is 5.53. The normalized spacial score (nSPS) is 11.3. The van der Waals surface area contributed by atoms with Gasteiger partial charge >= 0.3 is 6.03 Å². The van der Waals surface area contributed by atoms with Crippen molar-refractivity contribution in [1.82, 2.24) is 5.32 Å². The lowest BCUT2D eigenvalue weighted by Gasteiger charge is -2.15. The van der Waals surface area contributed by atoms with Crippen LogP contribution >= 0.6 is 0 Å². The molecule has 0 saturated heterocycles. The molecule has 0 bridgehead atoms. The Hall–Kier alpha value is -2.80. The minimum absolute atomic E-state index is 0.0768. The molecule has 0 aliphatic heterocycles. The van der Waals surface area contributed by atoms with Crippen molar-refractivity contribution in [3.05, 3.63) is 65.7 Å². The van der Waals surface area contributed by atoms with Crippen LogP contribution in [0.15, 0.2) is 54.6 Å². The van der Waals surface area contributed by atoms with E-state index in [1.165, 1.54) is 5.56 Å². The van der Waals surface area contributed by atoms with Crippen LogP contribution in [0, 0.1) is 11.3 Å². The average Bonchev–Trinajstić information content (AvgIpc) is 2.56. The number of hydrogen-bond acceptors (Lipinski definition) is 2. The summed E-state index contributed by atoms with van der Waals surface area (Å²) in [6, 6.07) is 19.1. The smallest absolute Gasteiger partial charge is 0.319 e. The van der Waals surface area contributed by atoms with Crippen molar-refractivity contribution < 1.29 is 4.79 Å². The summed E-state index contributed by atoms with van der Waals surface area (Å²) in [5.41, 5.74) is 2.30. The monoisotopic (exact) mass is 307 g/mol. The highest BCUT2D eigenvalue weighted by molar-refractivity contribution is 5.90. The van der Waals surface area contributed by atoms with Crippen molar-refractivity contribution in [3.63, 3.8) is 0 Å². The number of nitrogens with zero attached hydrogens (tertiary/aromatic N) is 1. The van der Waals surface area contributed by atoms with Crippen molar-refractivity contribution in [3.8, 4) is 6.07 Å². The van der Waals surface area contributed by atoms with E-state index in [-0.39, 0.29) is 12.1 Å². The van der Waals surface area contributed by atoms with Crippen molar-refractivity contribution in [2.24, 2.45) is 0 Å². The van der Waals surface area contributed by atoms with Gasteiger partial charge < -0.3 is 10.6 Å². The van der Waals surface area contributed by atoms with E-state index in [1.54, 1.807) is 24.3 Å². The third-order valence-electron chi connectivity index (χ3n) is 3.62.